The van der Waals surface area contributed by atoms with E-state index < -0.39 is 16.0 Å². The quantitative estimate of drug-likeness (QED) is 0.735. The van der Waals surface area contributed by atoms with Gasteiger partial charge in [0.05, 0.1) is 10.5 Å². The van der Waals surface area contributed by atoms with Crippen molar-refractivity contribution in [2.24, 2.45) is 5.73 Å². The maximum absolute atomic E-state index is 11.9. The van der Waals surface area contributed by atoms with Gasteiger partial charge in [0, 0.05) is 18.1 Å². The first-order valence-corrected chi connectivity index (χ1v) is 6.89. The predicted molar refractivity (Wildman–Crippen MR) is 67.4 cm³/mol. The van der Waals surface area contributed by atoms with Crippen molar-refractivity contribution in [3.63, 3.8) is 0 Å². The Labute approximate surface area is 110 Å². The zero-order valence-corrected chi connectivity index (χ0v) is 11.2. The lowest BCUT2D eigenvalue weighted by molar-refractivity contribution is 0.0696. The van der Waals surface area contributed by atoms with Crippen LogP contribution in [0.5, 0.6) is 0 Å². The van der Waals surface area contributed by atoms with Crippen LogP contribution in [0.4, 0.5) is 0 Å². The Morgan fingerprint density at radius 2 is 2.11 bits per heavy atom. The standard InChI is InChI=1S/C10H13ClN2O4S/c1-6-8(10(14)15)4-7(11)5-9(6)18(16,17)13-3-2-12/h4-5,13H,2-3,12H2,1H3,(H,14,15). The molecule has 1 rings (SSSR count). The minimum absolute atomic E-state index is 0.0473. The molecule has 0 atom stereocenters. The summed E-state index contributed by atoms with van der Waals surface area (Å²) in [5, 5.41) is 9.01. The molecule has 0 saturated heterocycles. The molecule has 100 valence electrons. The normalized spacial score (nSPS) is 11.5. The van der Waals surface area contributed by atoms with E-state index in [1.165, 1.54) is 19.1 Å². The van der Waals surface area contributed by atoms with Crippen molar-refractivity contribution in [3.05, 3.63) is 28.3 Å². The summed E-state index contributed by atoms with van der Waals surface area (Å²) in [7, 11) is -3.81. The Morgan fingerprint density at radius 1 is 1.50 bits per heavy atom. The molecule has 0 saturated carbocycles. The Morgan fingerprint density at radius 3 is 2.61 bits per heavy atom. The van der Waals surface area contributed by atoms with Gasteiger partial charge in [-0.05, 0) is 24.6 Å². The number of hydrogen-bond acceptors (Lipinski definition) is 4. The second-order valence-corrected chi connectivity index (χ2v) is 5.74. The molecular weight excluding hydrogens is 280 g/mol. The molecule has 8 heteroatoms. The second kappa shape index (κ2) is 5.66. The summed E-state index contributed by atoms with van der Waals surface area (Å²) >= 11 is 5.73. The molecule has 0 heterocycles. The van der Waals surface area contributed by atoms with Gasteiger partial charge in [-0.2, -0.15) is 0 Å². The average Bonchev–Trinajstić information content (AvgIpc) is 2.28. The van der Waals surface area contributed by atoms with Crippen LogP contribution in [0.15, 0.2) is 17.0 Å². The number of aromatic carboxylic acids is 1. The first-order valence-electron chi connectivity index (χ1n) is 5.02. The van der Waals surface area contributed by atoms with E-state index >= 15 is 0 Å². The Bertz CT molecular complexity index is 571. The fourth-order valence-electron chi connectivity index (χ4n) is 1.43. The molecule has 0 bridgehead atoms. The van der Waals surface area contributed by atoms with Crippen LogP contribution in [0.2, 0.25) is 5.02 Å². The van der Waals surface area contributed by atoms with Crippen LogP contribution in [-0.2, 0) is 10.0 Å². The molecule has 4 N–H and O–H groups in total. The fraction of sp³-hybridized carbons (Fsp3) is 0.300. The van der Waals surface area contributed by atoms with Gasteiger partial charge in [0.15, 0.2) is 0 Å². The molecule has 1 aromatic carbocycles. The molecule has 6 nitrogen and oxygen atoms in total. The molecule has 18 heavy (non-hydrogen) atoms. The van der Waals surface area contributed by atoms with E-state index in [2.05, 4.69) is 4.72 Å². The van der Waals surface area contributed by atoms with Crippen LogP contribution in [-0.4, -0.2) is 32.6 Å². The summed E-state index contributed by atoms with van der Waals surface area (Å²) in [6.07, 6.45) is 0. The van der Waals surface area contributed by atoms with Crippen molar-refractivity contribution in [2.75, 3.05) is 13.1 Å². The summed E-state index contributed by atoms with van der Waals surface area (Å²) < 4.78 is 26.1. The lowest BCUT2D eigenvalue weighted by atomic mass is 10.1. The molecule has 0 radical (unpaired) electrons. The number of sulfonamides is 1. The highest BCUT2D eigenvalue weighted by molar-refractivity contribution is 7.89. The molecule has 0 aliphatic carbocycles. The van der Waals surface area contributed by atoms with Crippen LogP contribution in [0, 0.1) is 6.92 Å². The Kier molecular flexibility index (Phi) is 4.69. The van der Waals surface area contributed by atoms with E-state index in [4.69, 9.17) is 22.4 Å². The number of carbonyl (C=O) groups is 1. The first kappa shape index (κ1) is 14.9. The maximum Gasteiger partial charge on any atom is 0.336 e. The molecule has 0 unspecified atom stereocenters. The maximum atomic E-state index is 11.9. The van der Waals surface area contributed by atoms with Crippen molar-refractivity contribution < 1.29 is 18.3 Å². The summed E-state index contributed by atoms with van der Waals surface area (Å²) in [6, 6.07) is 2.42. The highest BCUT2D eigenvalue weighted by Gasteiger charge is 2.21. The molecule has 0 fully saturated rings. The highest BCUT2D eigenvalue weighted by Crippen LogP contribution is 2.24. The van der Waals surface area contributed by atoms with Crippen LogP contribution in [0.25, 0.3) is 0 Å². The molecule has 1 aromatic rings. The molecule has 0 amide bonds. The largest absolute Gasteiger partial charge is 0.478 e. The number of carboxylic acid groups (broad SMARTS) is 1. The smallest absolute Gasteiger partial charge is 0.336 e. The van der Waals surface area contributed by atoms with E-state index in [0.29, 0.717) is 0 Å². The summed E-state index contributed by atoms with van der Waals surface area (Å²) in [5.74, 6) is -1.23. The van der Waals surface area contributed by atoms with Gasteiger partial charge in [-0.25, -0.2) is 17.9 Å². The SMILES string of the molecule is Cc1c(C(=O)O)cc(Cl)cc1S(=O)(=O)NCCN. The van der Waals surface area contributed by atoms with Crippen molar-refractivity contribution in [2.45, 2.75) is 11.8 Å². The molecular formula is C10H13ClN2O4S. The van der Waals surface area contributed by atoms with Gasteiger partial charge in [0.1, 0.15) is 0 Å². The van der Waals surface area contributed by atoms with E-state index in [1.807, 2.05) is 0 Å². The number of halogens is 1. The van der Waals surface area contributed by atoms with Crippen molar-refractivity contribution in [1.82, 2.24) is 4.72 Å². The predicted octanol–water partition coefficient (Wildman–Crippen LogP) is 0.584. The highest BCUT2D eigenvalue weighted by atomic mass is 35.5. The topological polar surface area (TPSA) is 109 Å². The van der Waals surface area contributed by atoms with Crippen LogP contribution < -0.4 is 10.5 Å². The van der Waals surface area contributed by atoms with E-state index in [0.717, 1.165) is 0 Å². The van der Waals surface area contributed by atoms with E-state index in [-0.39, 0.29) is 34.1 Å². The summed E-state index contributed by atoms with van der Waals surface area (Å²) in [5.41, 5.74) is 5.21. The van der Waals surface area contributed by atoms with Crippen molar-refractivity contribution >= 4 is 27.6 Å². The number of nitrogens with one attached hydrogen (secondary N) is 1. The minimum atomic E-state index is -3.81. The number of hydrogen-bond donors (Lipinski definition) is 3. The fourth-order valence-corrected chi connectivity index (χ4v) is 3.05. The lowest BCUT2D eigenvalue weighted by Crippen LogP contribution is -2.30. The first-order chi connectivity index (χ1) is 8.29. The zero-order valence-electron chi connectivity index (χ0n) is 9.60. The lowest BCUT2D eigenvalue weighted by Gasteiger charge is -2.11. The van der Waals surface area contributed by atoms with Gasteiger partial charge in [-0.15, -0.1) is 0 Å². The molecule has 0 aromatic heterocycles. The van der Waals surface area contributed by atoms with Gasteiger partial charge < -0.3 is 10.8 Å². The van der Waals surface area contributed by atoms with Gasteiger partial charge in [-0.3, -0.25) is 0 Å². The van der Waals surface area contributed by atoms with Crippen molar-refractivity contribution in [3.8, 4) is 0 Å². The molecule has 0 aliphatic heterocycles. The third kappa shape index (κ3) is 3.20. The number of nitrogens with two attached hydrogens (primary N) is 1. The van der Waals surface area contributed by atoms with Gasteiger partial charge in [0.25, 0.3) is 0 Å². The van der Waals surface area contributed by atoms with Gasteiger partial charge in [0.2, 0.25) is 10.0 Å². The molecule has 0 spiro atoms. The minimum Gasteiger partial charge on any atom is -0.478 e. The average molecular weight is 293 g/mol. The number of rotatable bonds is 5. The van der Waals surface area contributed by atoms with Crippen molar-refractivity contribution in [1.29, 1.82) is 0 Å². The van der Waals surface area contributed by atoms with Gasteiger partial charge in [-0.1, -0.05) is 11.6 Å². The van der Waals surface area contributed by atoms with E-state index in [1.54, 1.807) is 0 Å². The Hall–Kier alpha value is -1.15. The van der Waals surface area contributed by atoms with Crippen LogP contribution in [0.3, 0.4) is 0 Å². The summed E-state index contributed by atoms with van der Waals surface area (Å²) in [6.45, 7) is 1.62. The van der Waals surface area contributed by atoms with Gasteiger partial charge >= 0.3 is 5.97 Å². The third-order valence-corrected chi connectivity index (χ3v) is 4.09. The number of benzene rings is 1. The monoisotopic (exact) mass is 292 g/mol. The number of carboxylic acids is 1. The molecule has 0 aliphatic rings. The second-order valence-electron chi connectivity index (χ2n) is 3.57. The van der Waals surface area contributed by atoms with E-state index in [9.17, 15) is 13.2 Å². The summed E-state index contributed by atoms with van der Waals surface area (Å²) in [4.78, 5) is 10.8. The Balaban J connectivity index is 3.37. The zero-order chi connectivity index (χ0) is 13.9. The van der Waals surface area contributed by atoms with Crippen LogP contribution in [0.1, 0.15) is 15.9 Å². The van der Waals surface area contributed by atoms with Crippen LogP contribution >= 0.6 is 11.6 Å². The third-order valence-electron chi connectivity index (χ3n) is 2.28.